The first kappa shape index (κ1) is 16.8. The molecule has 0 aliphatic carbocycles. The lowest BCUT2D eigenvalue weighted by Crippen LogP contribution is -2.45. The molecule has 3 rings (SSSR count). The van der Waals surface area contributed by atoms with Crippen LogP contribution in [0.15, 0.2) is 42.5 Å². The van der Waals surface area contributed by atoms with E-state index in [0.717, 1.165) is 67.5 Å². The van der Waals surface area contributed by atoms with Crippen LogP contribution in [0.4, 0.5) is 5.69 Å². The van der Waals surface area contributed by atoms with Crippen molar-refractivity contribution in [1.82, 2.24) is 9.80 Å². The van der Waals surface area contributed by atoms with Crippen LogP contribution in [0.5, 0.6) is 5.75 Å². The second-order valence-electron chi connectivity index (χ2n) is 6.59. The van der Waals surface area contributed by atoms with Gasteiger partial charge in [-0.05, 0) is 48.9 Å². The Labute approximate surface area is 144 Å². The molecule has 24 heavy (non-hydrogen) atoms. The smallest absolute Gasteiger partial charge is 0.119 e. The first-order valence-corrected chi connectivity index (χ1v) is 8.62. The molecule has 0 spiro atoms. The Morgan fingerprint density at radius 3 is 2.29 bits per heavy atom. The standard InChI is InChI=1S/C20H27N3O/c1-16-3-4-18(15-20(16)21)17-5-7-19(8-6-17)24-14-13-23-11-9-22(2)10-12-23/h3-8,15H,9-14,21H2,1-2H3. The van der Waals surface area contributed by atoms with Gasteiger partial charge in [0.1, 0.15) is 12.4 Å². The molecular formula is C20H27N3O. The van der Waals surface area contributed by atoms with E-state index in [1.807, 2.05) is 25.1 Å². The minimum absolute atomic E-state index is 0.737. The fraction of sp³-hybridized carbons (Fsp3) is 0.400. The maximum Gasteiger partial charge on any atom is 0.119 e. The van der Waals surface area contributed by atoms with Crippen molar-refractivity contribution in [2.45, 2.75) is 6.92 Å². The van der Waals surface area contributed by atoms with Crippen molar-refractivity contribution >= 4 is 5.69 Å². The molecule has 128 valence electrons. The fourth-order valence-electron chi connectivity index (χ4n) is 2.93. The molecule has 0 radical (unpaired) electrons. The summed E-state index contributed by atoms with van der Waals surface area (Å²) in [7, 11) is 2.18. The van der Waals surface area contributed by atoms with Crippen LogP contribution in [-0.2, 0) is 0 Å². The van der Waals surface area contributed by atoms with Crippen LogP contribution in [0.3, 0.4) is 0 Å². The van der Waals surface area contributed by atoms with Gasteiger partial charge in [0.25, 0.3) is 0 Å². The summed E-state index contributed by atoms with van der Waals surface area (Å²) in [5.41, 5.74) is 10.2. The molecule has 2 N–H and O–H groups in total. The van der Waals surface area contributed by atoms with Crippen LogP contribution in [0, 0.1) is 6.92 Å². The zero-order valence-corrected chi connectivity index (χ0v) is 14.7. The Balaban J connectivity index is 1.52. The number of anilines is 1. The summed E-state index contributed by atoms with van der Waals surface area (Å²) < 4.78 is 5.89. The van der Waals surface area contributed by atoms with Gasteiger partial charge in [-0.3, -0.25) is 4.90 Å². The lowest BCUT2D eigenvalue weighted by molar-refractivity contribution is 0.134. The summed E-state index contributed by atoms with van der Waals surface area (Å²) in [6.07, 6.45) is 0. The number of rotatable bonds is 5. The van der Waals surface area contributed by atoms with Crippen molar-refractivity contribution in [3.8, 4) is 16.9 Å². The first-order chi connectivity index (χ1) is 11.6. The van der Waals surface area contributed by atoms with E-state index in [0.29, 0.717) is 0 Å². The maximum absolute atomic E-state index is 6.00. The van der Waals surface area contributed by atoms with Crippen molar-refractivity contribution in [2.75, 3.05) is 52.1 Å². The van der Waals surface area contributed by atoms with E-state index in [9.17, 15) is 0 Å². The third-order valence-electron chi connectivity index (χ3n) is 4.74. The highest BCUT2D eigenvalue weighted by molar-refractivity contribution is 5.69. The minimum Gasteiger partial charge on any atom is -0.492 e. The van der Waals surface area contributed by atoms with Gasteiger partial charge in [-0.25, -0.2) is 0 Å². The molecule has 1 fully saturated rings. The van der Waals surface area contributed by atoms with E-state index >= 15 is 0 Å². The number of aryl methyl sites for hydroxylation is 1. The van der Waals surface area contributed by atoms with Crippen molar-refractivity contribution in [3.63, 3.8) is 0 Å². The molecule has 0 unspecified atom stereocenters. The monoisotopic (exact) mass is 325 g/mol. The molecule has 4 nitrogen and oxygen atoms in total. The Morgan fingerprint density at radius 1 is 0.958 bits per heavy atom. The molecule has 0 aromatic heterocycles. The number of hydrogen-bond acceptors (Lipinski definition) is 4. The number of nitrogens with two attached hydrogens (primary N) is 1. The van der Waals surface area contributed by atoms with E-state index in [1.54, 1.807) is 0 Å². The number of hydrogen-bond donors (Lipinski definition) is 1. The van der Waals surface area contributed by atoms with E-state index in [1.165, 1.54) is 0 Å². The molecule has 0 amide bonds. The number of likely N-dealkylation sites (N-methyl/N-ethyl adjacent to an activating group) is 1. The molecule has 0 saturated carbocycles. The third-order valence-corrected chi connectivity index (χ3v) is 4.74. The molecule has 1 aliphatic rings. The molecule has 0 bridgehead atoms. The van der Waals surface area contributed by atoms with E-state index in [-0.39, 0.29) is 0 Å². The fourth-order valence-corrected chi connectivity index (χ4v) is 2.93. The lowest BCUT2D eigenvalue weighted by atomic mass is 10.0. The summed E-state index contributed by atoms with van der Waals surface area (Å²) in [6.45, 7) is 8.31. The zero-order valence-electron chi connectivity index (χ0n) is 14.7. The van der Waals surface area contributed by atoms with Crippen molar-refractivity contribution in [3.05, 3.63) is 48.0 Å². The average Bonchev–Trinajstić information content (AvgIpc) is 2.60. The molecule has 1 aliphatic heterocycles. The minimum atomic E-state index is 0.737. The molecule has 0 atom stereocenters. The Hall–Kier alpha value is -2.04. The van der Waals surface area contributed by atoms with Gasteiger partial charge in [0, 0.05) is 38.4 Å². The second-order valence-corrected chi connectivity index (χ2v) is 6.59. The van der Waals surface area contributed by atoms with Crippen LogP contribution < -0.4 is 10.5 Å². The number of benzene rings is 2. The number of piperazine rings is 1. The number of ether oxygens (including phenoxy) is 1. The van der Waals surface area contributed by atoms with Crippen molar-refractivity contribution in [1.29, 1.82) is 0 Å². The molecule has 2 aromatic carbocycles. The summed E-state index contributed by atoms with van der Waals surface area (Å²) in [5, 5.41) is 0. The predicted octanol–water partition coefficient (Wildman–Crippen LogP) is 2.87. The largest absolute Gasteiger partial charge is 0.492 e. The highest BCUT2D eigenvalue weighted by atomic mass is 16.5. The summed E-state index contributed by atoms with van der Waals surface area (Å²) in [6, 6.07) is 14.5. The quantitative estimate of drug-likeness (QED) is 0.858. The molecule has 2 aromatic rings. The van der Waals surface area contributed by atoms with Gasteiger partial charge >= 0.3 is 0 Å². The lowest BCUT2D eigenvalue weighted by Gasteiger charge is -2.32. The van der Waals surface area contributed by atoms with Gasteiger partial charge in [0.05, 0.1) is 0 Å². The SMILES string of the molecule is Cc1ccc(-c2ccc(OCCN3CCN(C)CC3)cc2)cc1N. The van der Waals surface area contributed by atoms with Crippen LogP contribution >= 0.6 is 0 Å². The summed E-state index contributed by atoms with van der Waals surface area (Å²) >= 11 is 0. The predicted molar refractivity (Wildman–Crippen MR) is 100 cm³/mol. The van der Waals surface area contributed by atoms with Crippen LogP contribution in [-0.4, -0.2) is 56.2 Å². The zero-order chi connectivity index (χ0) is 16.9. The maximum atomic E-state index is 6.00. The van der Waals surface area contributed by atoms with E-state index < -0.39 is 0 Å². The van der Waals surface area contributed by atoms with Crippen LogP contribution in [0.2, 0.25) is 0 Å². The summed E-state index contributed by atoms with van der Waals surface area (Å²) in [4.78, 5) is 4.83. The second kappa shape index (κ2) is 7.69. The average molecular weight is 325 g/mol. The van der Waals surface area contributed by atoms with E-state index in [4.69, 9.17) is 10.5 Å². The van der Waals surface area contributed by atoms with Gasteiger partial charge in [0.2, 0.25) is 0 Å². The normalized spacial score (nSPS) is 16.2. The van der Waals surface area contributed by atoms with Crippen LogP contribution in [0.1, 0.15) is 5.56 Å². The first-order valence-electron chi connectivity index (χ1n) is 8.62. The Morgan fingerprint density at radius 2 is 1.62 bits per heavy atom. The molecular weight excluding hydrogens is 298 g/mol. The highest BCUT2D eigenvalue weighted by Gasteiger charge is 2.13. The van der Waals surface area contributed by atoms with Gasteiger partial charge in [-0.15, -0.1) is 0 Å². The van der Waals surface area contributed by atoms with Crippen molar-refractivity contribution in [2.24, 2.45) is 0 Å². The Kier molecular flexibility index (Phi) is 5.38. The molecule has 1 saturated heterocycles. The van der Waals surface area contributed by atoms with E-state index in [2.05, 4.69) is 41.1 Å². The summed E-state index contributed by atoms with van der Waals surface area (Å²) in [5.74, 6) is 0.924. The topological polar surface area (TPSA) is 41.7 Å². The van der Waals surface area contributed by atoms with Gasteiger partial charge in [-0.1, -0.05) is 24.3 Å². The van der Waals surface area contributed by atoms with Crippen LogP contribution in [0.25, 0.3) is 11.1 Å². The van der Waals surface area contributed by atoms with Crippen molar-refractivity contribution < 1.29 is 4.74 Å². The molecule has 1 heterocycles. The van der Waals surface area contributed by atoms with Gasteiger partial charge in [-0.2, -0.15) is 0 Å². The number of nitrogens with zero attached hydrogens (tertiary/aromatic N) is 2. The molecule has 4 heteroatoms. The highest BCUT2D eigenvalue weighted by Crippen LogP contribution is 2.25. The van der Waals surface area contributed by atoms with Gasteiger partial charge < -0.3 is 15.4 Å². The number of nitrogen functional groups attached to an aromatic ring is 1. The third kappa shape index (κ3) is 4.28. The Bertz CT molecular complexity index is 661. The van der Waals surface area contributed by atoms with Gasteiger partial charge in [0.15, 0.2) is 0 Å².